The molecule has 0 aromatic heterocycles. The quantitative estimate of drug-likeness (QED) is 0.926. The third-order valence-electron chi connectivity index (χ3n) is 3.73. The Morgan fingerprint density at radius 3 is 2.74 bits per heavy atom. The van der Waals surface area contributed by atoms with Gasteiger partial charge in [0.05, 0.1) is 11.4 Å². The highest BCUT2D eigenvalue weighted by Crippen LogP contribution is 2.31. The fourth-order valence-corrected chi connectivity index (χ4v) is 3.67. The molecule has 1 aromatic carbocycles. The van der Waals surface area contributed by atoms with Gasteiger partial charge in [-0.3, -0.25) is 0 Å². The first-order valence-corrected chi connectivity index (χ1v) is 8.47. The van der Waals surface area contributed by atoms with E-state index in [1.54, 1.807) is 25.1 Å². The van der Waals surface area contributed by atoms with Gasteiger partial charge in [0.2, 0.25) is 0 Å². The van der Waals surface area contributed by atoms with E-state index >= 15 is 0 Å². The number of hydrogen-bond donors (Lipinski definition) is 1. The lowest BCUT2D eigenvalue weighted by Gasteiger charge is -2.29. The number of rotatable bonds is 3. The van der Waals surface area contributed by atoms with Crippen molar-refractivity contribution in [2.75, 3.05) is 6.26 Å². The van der Waals surface area contributed by atoms with Gasteiger partial charge in [-0.25, -0.2) is 8.42 Å². The summed E-state index contributed by atoms with van der Waals surface area (Å²) in [4.78, 5) is 0. The van der Waals surface area contributed by atoms with Crippen molar-refractivity contribution in [3.63, 3.8) is 0 Å². The monoisotopic (exact) mass is 284 g/mol. The molecule has 19 heavy (non-hydrogen) atoms. The van der Waals surface area contributed by atoms with E-state index in [2.05, 4.69) is 0 Å². The summed E-state index contributed by atoms with van der Waals surface area (Å²) < 4.78 is 29.1. The first-order chi connectivity index (χ1) is 8.88. The lowest BCUT2D eigenvalue weighted by Crippen LogP contribution is -2.33. The first kappa shape index (κ1) is 14.2. The van der Waals surface area contributed by atoms with E-state index in [1.165, 1.54) is 6.26 Å². The molecule has 2 atom stereocenters. The second kappa shape index (κ2) is 5.41. The Labute approximate surface area is 114 Å². The van der Waals surface area contributed by atoms with Crippen LogP contribution in [-0.2, 0) is 9.84 Å². The fraction of sp³-hybridized carbons (Fsp3) is 0.571. The van der Waals surface area contributed by atoms with Crippen LogP contribution in [0.5, 0.6) is 11.5 Å². The van der Waals surface area contributed by atoms with Gasteiger partial charge >= 0.3 is 0 Å². The van der Waals surface area contributed by atoms with Crippen LogP contribution in [0, 0.1) is 6.92 Å². The lowest BCUT2D eigenvalue weighted by molar-refractivity contribution is 0.155. The molecule has 0 aliphatic heterocycles. The minimum absolute atomic E-state index is 0.0889. The highest BCUT2D eigenvalue weighted by atomic mass is 32.2. The largest absolute Gasteiger partial charge is 0.508 e. The van der Waals surface area contributed by atoms with Crippen molar-refractivity contribution in [2.45, 2.75) is 44.0 Å². The van der Waals surface area contributed by atoms with Crippen molar-refractivity contribution >= 4 is 9.84 Å². The third-order valence-corrected chi connectivity index (χ3v) is 5.37. The predicted octanol–water partition coefficient (Wildman–Crippen LogP) is 2.44. The smallest absolute Gasteiger partial charge is 0.150 e. The maximum atomic E-state index is 11.6. The first-order valence-electron chi connectivity index (χ1n) is 6.52. The van der Waals surface area contributed by atoms with E-state index in [0.717, 1.165) is 19.3 Å². The number of ether oxygens (including phenoxy) is 1. The summed E-state index contributed by atoms with van der Waals surface area (Å²) in [6.07, 6.45) is 4.18. The van der Waals surface area contributed by atoms with Crippen molar-refractivity contribution in [3.05, 3.63) is 23.8 Å². The zero-order chi connectivity index (χ0) is 14.0. The number of hydrogen-bond acceptors (Lipinski definition) is 4. The molecule has 1 aliphatic rings. The lowest BCUT2D eigenvalue weighted by atomic mass is 9.97. The van der Waals surface area contributed by atoms with Gasteiger partial charge in [-0.1, -0.05) is 6.07 Å². The molecule has 0 saturated heterocycles. The van der Waals surface area contributed by atoms with Crippen molar-refractivity contribution in [2.24, 2.45) is 0 Å². The normalized spacial score (nSPS) is 24.1. The molecule has 106 valence electrons. The van der Waals surface area contributed by atoms with Crippen LogP contribution in [0.25, 0.3) is 0 Å². The third kappa shape index (κ3) is 3.41. The van der Waals surface area contributed by atoms with E-state index in [1.807, 2.05) is 0 Å². The summed E-state index contributed by atoms with van der Waals surface area (Å²) in [5.41, 5.74) is 0.698. The number of aromatic hydroxyl groups is 1. The van der Waals surface area contributed by atoms with E-state index in [9.17, 15) is 13.5 Å². The number of phenolic OH excluding ortho intramolecular Hbond substituents is 1. The molecule has 5 heteroatoms. The molecule has 2 rings (SSSR count). The number of sulfone groups is 1. The molecule has 1 aliphatic carbocycles. The Morgan fingerprint density at radius 2 is 2.05 bits per heavy atom. The Balaban J connectivity index is 2.09. The zero-order valence-electron chi connectivity index (χ0n) is 11.3. The molecule has 0 heterocycles. The Bertz CT molecular complexity index is 551. The Morgan fingerprint density at radius 1 is 1.32 bits per heavy atom. The van der Waals surface area contributed by atoms with Crippen LogP contribution in [-0.4, -0.2) is 31.1 Å². The summed E-state index contributed by atoms with van der Waals surface area (Å²) in [7, 11) is -3.00. The van der Waals surface area contributed by atoms with Gasteiger partial charge in [0.25, 0.3) is 0 Å². The van der Waals surface area contributed by atoms with Crippen LogP contribution >= 0.6 is 0 Å². The summed E-state index contributed by atoms with van der Waals surface area (Å²) in [6.45, 7) is 1.79. The minimum Gasteiger partial charge on any atom is -0.508 e. The maximum Gasteiger partial charge on any atom is 0.150 e. The molecule has 0 bridgehead atoms. The molecule has 2 unspecified atom stereocenters. The van der Waals surface area contributed by atoms with Gasteiger partial charge < -0.3 is 9.84 Å². The van der Waals surface area contributed by atoms with Crippen molar-refractivity contribution < 1.29 is 18.3 Å². The van der Waals surface area contributed by atoms with Gasteiger partial charge in [-0.15, -0.1) is 0 Å². The molecule has 1 saturated carbocycles. The van der Waals surface area contributed by atoms with Crippen LogP contribution < -0.4 is 4.74 Å². The van der Waals surface area contributed by atoms with E-state index in [0.29, 0.717) is 17.7 Å². The van der Waals surface area contributed by atoms with Gasteiger partial charge in [0.15, 0.2) is 0 Å². The summed E-state index contributed by atoms with van der Waals surface area (Å²) in [5.74, 6) is 0.840. The number of phenols is 1. The molecule has 0 spiro atoms. The summed E-state index contributed by atoms with van der Waals surface area (Å²) in [5, 5.41) is 9.33. The van der Waals surface area contributed by atoms with E-state index < -0.39 is 9.84 Å². The highest BCUT2D eigenvalue weighted by Gasteiger charge is 2.30. The standard InChI is InChI=1S/C14H20O4S/c1-10-13(15)7-4-8-14(10)18-11-5-3-6-12(9-11)19(2,16)17/h4,7-8,11-12,15H,3,5-6,9H2,1-2H3. The summed E-state index contributed by atoms with van der Waals surface area (Å²) in [6, 6.07) is 5.15. The van der Waals surface area contributed by atoms with E-state index in [-0.39, 0.29) is 17.1 Å². The van der Waals surface area contributed by atoms with Crippen LogP contribution in [0.3, 0.4) is 0 Å². The average molecular weight is 284 g/mol. The van der Waals surface area contributed by atoms with Gasteiger partial charge in [-0.2, -0.15) is 0 Å². The van der Waals surface area contributed by atoms with Crippen LogP contribution in [0.2, 0.25) is 0 Å². The molecule has 4 nitrogen and oxygen atoms in total. The van der Waals surface area contributed by atoms with Crippen LogP contribution in [0.15, 0.2) is 18.2 Å². The second-order valence-electron chi connectivity index (χ2n) is 5.26. The minimum atomic E-state index is -3.00. The molecular weight excluding hydrogens is 264 g/mol. The zero-order valence-corrected chi connectivity index (χ0v) is 12.1. The topological polar surface area (TPSA) is 63.6 Å². The second-order valence-corrected chi connectivity index (χ2v) is 7.58. The van der Waals surface area contributed by atoms with Crippen molar-refractivity contribution in [1.29, 1.82) is 0 Å². The molecule has 0 amide bonds. The fourth-order valence-electron chi connectivity index (χ4n) is 2.51. The van der Waals surface area contributed by atoms with E-state index in [4.69, 9.17) is 4.74 Å². The average Bonchev–Trinajstić information content (AvgIpc) is 2.34. The molecular formula is C14H20O4S. The molecule has 1 N–H and O–H groups in total. The van der Waals surface area contributed by atoms with Crippen LogP contribution in [0.4, 0.5) is 0 Å². The molecule has 1 aromatic rings. The Kier molecular flexibility index (Phi) is 4.04. The van der Waals surface area contributed by atoms with Crippen LogP contribution in [0.1, 0.15) is 31.2 Å². The highest BCUT2D eigenvalue weighted by molar-refractivity contribution is 7.91. The Hall–Kier alpha value is -1.23. The predicted molar refractivity (Wildman–Crippen MR) is 74.4 cm³/mol. The van der Waals surface area contributed by atoms with Crippen molar-refractivity contribution in [3.8, 4) is 11.5 Å². The van der Waals surface area contributed by atoms with Gasteiger partial charge in [0.1, 0.15) is 21.3 Å². The summed E-state index contributed by atoms with van der Waals surface area (Å²) >= 11 is 0. The molecule has 0 radical (unpaired) electrons. The number of benzene rings is 1. The maximum absolute atomic E-state index is 11.6. The molecule has 1 fully saturated rings. The SMILES string of the molecule is Cc1c(O)cccc1OC1CCCC(S(C)(=O)=O)C1. The van der Waals surface area contributed by atoms with Crippen molar-refractivity contribution in [1.82, 2.24) is 0 Å². The van der Waals surface area contributed by atoms with Gasteiger partial charge in [0, 0.05) is 18.2 Å². The van der Waals surface area contributed by atoms with Gasteiger partial charge in [-0.05, 0) is 38.3 Å².